The minimum absolute atomic E-state index is 0.0355. The largest absolute Gasteiger partial charge is 0.506 e. The normalized spacial score (nSPS) is 10.2. The summed E-state index contributed by atoms with van der Waals surface area (Å²) in [5.74, 6) is -2.80. The van der Waals surface area contributed by atoms with Crippen LogP contribution < -0.4 is 5.32 Å². The van der Waals surface area contributed by atoms with Gasteiger partial charge in [0.05, 0.1) is 15.7 Å². The van der Waals surface area contributed by atoms with Crippen molar-refractivity contribution in [1.29, 1.82) is 0 Å². The molecular weight excluding hydrogens is 345 g/mol. The fraction of sp³-hybridized carbons (Fsp3) is 0. The molecule has 0 aliphatic heterocycles. The number of aromatic carboxylic acids is 1. The van der Waals surface area contributed by atoms with E-state index in [2.05, 4.69) is 21.2 Å². The van der Waals surface area contributed by atoms with E-state index in [1.54, 1.807) is 0 Å². The van der Waals surface area contributed by atoms with Crippen molar-refractivity contribution in [1.82, 2.24) is 0 Å². The van der Waals surface area contributed by atoms with Gasteiger partial charge < -0.3 is 15.5 Å². The summed E-state index contributed by atoms with van der Waals surface area (Å²) in [6.07, 6.45) is 0. The van der Waals surface area contributed by atoms with Crippen LogP contribution >= 0.6 is 15.9 Å². The zero-order valence-corrected chi connectivity index (χ0v) is 12.0. The lowest BCUT2D eigenvalue weighted by Crippen LogP contribution is -2.12. The third-order valence-corrected chi connectivity index (χ3v) is 3.32. The predicted octanol–water partition coefficient (Wildman–Crippen LogP) is 3.24. The van der Waals surface area contributed by atoms with E-state index in [0.717, 1.165) is 12.1 Å². The second-order valence-corrected chi connectivity index (χ2v) is 4.97. The number of halogens is 2. The Kier molecular flexibility index (Phi) is 4.23. The first-order valence-electron chi connectivity index (χ1n) is 5.71. The van der Waals surface area contributed by atoms with E-state index in [-0.39, 0.29) is 27.0 Å². The molecule has 0 heterocycles. The molecule has 2 aromatic carbocycles. The van der Waals surface area contributed by atoms with Gasteiger partial charge >= 0.3 is 5.97 Å². The van der Waals surface area contributed by atoms with Gasteiger partial charge in [0.25, 0.3) is 5.91 Å². The van der Waals surface area contributed by atoms with E-state index >= 15 is 0 Å². The van der Waals surface area contributed by atoms with Gasteiger partial charge in [-0.1, -0.05) is 0 Å². The van der Waals surface area contributed by atoms with Crippen molar-refractivity contribution in [3.05, 3.63) is 57.8 Å². The molecule has 3 N–H and O–H groups in total. The molecule has 5 nitrogen and oxygen atoms in total. The Bertz CT molecular complexity index is 733. The number of hydrogen-bond acceptors (Lipinski definition) is 3. The lowest BCUT2D eigenvalue weighted by molar-refractivity contribution is 0.0696. The first-order valence-corrected chi connectivity index (χ1v) is 6.50. The van der Waals surface area contributed by atoms with Crippen LogP contribution in [0.4, 0.5) is 10.1 Å². The van der Waals surface area contributed by atoms with E-state index < -0.39 is 17.7 Å². The molecule has 0 bridgehead atoms. The van der Waals surface area contributed by atoms with Gasteiger partial charge in [-0.2, -0.15) is 0 Å². The van der Waals surface area contributed by atoms with E-state index in [4.69, 9.17) is 5.11 Å². The summed E-state index contributed by atoms with van der Waals surface area (Å²) in [5, 5.41) is 20.8. The first kappa shape index (κ1) is 15.0. The zero-order chi connectivity index (χ0) is 15.6. The van der Waals surface area contributed by atoms with Crippen LogP contribution in [0, 0.1) is 5.82 Å². The second kappa shape index (κ2) is 5.92. The van der Waals surface area contributed by atoms with Gasteiger partial charge in [0.2, 0.25) is 0 Å². The fourth-order valence-corrected chi connectivity index (χ4v) is 1.85. The summed E-state index contributed by atoms with van der Waals surface area (Å²) in [6.45, 7) is 0. The maximum Gasteiger partial charge on any atom is 0.335 e. The van der Waals surface area contributed by atoms with Crippen LogP contribution in [0.25, 0.3) is 0 Å². The fourth-order valence-electron chi connectivity index (χ4n) is 1.60. The molecule has 0 unspecified atom stereocenters. The van der Waals surface area contributed by atoms with Crippen molar-refractivity contribution in [3.8, 4) is 5.75 Å². The molecule has 0 aliphatic carbocycles. The van der Waals surface area contributed by atoms with Gasteiger partial charge in [0.15, 0.2) is 0 Å². The maximum atomic E-state index is 13.4. The highest BCUT2D eigenvalue weighted by Gasteiger charge is 2.13. The Morgan fingerprint density at radius 3 is 2.33 bits per heavy atom. The molecule has 0 radical (unpaired) electrons. The van der Waals surface area contributed by atoms with E-state index in [0.29, 0.717) is 0 Å². The maximum absolute atomic E-state index is 13.4. The van der Waals surface area contributed by atoms with Crippen LogP contribution in [0.15, 0.2) is 40.9 Å². The number of carbonyl (C=O) groups is 2. The molecule has 108 valence electrons. The second-order valence-electron chi connectivity index (χ2n) is 4.12. The molecule has 7 heteroatoms. The number of rotatable bonds is 3. The number of carboxylic acid groups (broad SMARTS) is 1. The van der Waals surface area contributed by atoms with Crippen molar-refractivity contribution >= 4 is 33.5 Å². The van der Waals surface area contributed by atoms with Crippen LogP contribution in [0.5, 0.6) is 5.75 Å². The highest BCUT2D eigenvalue weighted by Crippen LogP contribution is 2.25. The third kappa shape index (κ3) is 3.38. The Morgan fingerprint density at radius 1 is 1.10 bits per heavy atom. The predicted molar refractivity (Wildman–Crippen MR) is 77.1 cm³/mol. The zero-order valence-electron chi connectivity index (χ0n) is 10.4. The molecule has 0 spiro atoms. The van der Waals surface area contributed by atoms with Gasteiger partial charge in [-0.3, -0.25) is 4.79 Å². The summed E-state index contributed by atoms with van der Waals surface area (Å²) in [6, 6.07) is 7.34. The molecule has 0 aliphatic rings. The SMILES string of the molecule is O=C(O)c1ccc(NC(=O)c2ccc(Br)c(F)c2)c(O)c1. The number of carboxylic acids is 1. The van der Waals surface area contributed by atoms with Crippen molar-refractivity contribution in [2.45, 2.75) is 0 Å². The molecular formula is C14H9BrFNO4. The van der Waals surface area contributed by atoms with E-state index in [9.17, 15) is 19.1 Å². The van der Waals surface area contributed by atoms with Crippen LogP contribution in [-0.2, 0) is 0 Å². The van der Waals surface area contributed by atoms with Crippen LogP contribution in [-0.4, -0.2) is 22.1 Å². The number of benzene rings is 2. The van der Waals surface area contributed by atoms with E-state index in [1.165, 1.54) is 24.3 Å². The van der Waals surface area contributed by atoms with Gasteiger partial charge in [-0.15, -0.1) is 0 Å². The molecule has 0 fully saturated rings. The topological polar surface area (TPSA) is 86.6 Å². The number of phenols is 1. The van der Waals surface area contributed by atoms with Gasteiger partial charge in [0.1, 0.15) is 11.6 Å². The lowest BCUT2D eigenvalue weighted by atomic mass is 10.1. The molecule has 0 saturated heterocycles. The lowest BCUT2D eigenvalue weighted by Gasteiger charge is -2.08. The van der Waals surface area contributed by atoms with E-state index in [1.807, 2.05) is 0 Å². The summed E-state index contributed by atoms with van der Waals surface area (Å²) in [5.41, 5.74) is -0.00840. The van der Waals surface area contributed by atoms with Crippen molar-refractivity contribution in [3.63, 3.8) is 0 Å². The Balaban J connectivity index is 2.23. The summed E-state index contributed by atoms with van der Waals surface area (Å²) in [4.78, 5) is 22.7. The van der Waals surface area contributed by atoms with Crippen LogP contribution in [0.2, 0.25) is 0 Å². The molecule has 2 rings (SSSR count). The molecule has 21 heavy (non-hydrogen) atoms. The van der Waals surface area contributed by atoms with Crippen molar-refractivity contribution in [2.24, 2.45) is 0 Å². The minimum atomic E-state index is -1.20. The Hall–Kier alpha value is -2.41. The van der Waals surface area contributed by atoms with Gasteiger partial charge in [0, 0.05) is 5.56 Å². The highest BCUT2D eigenvalue weighted by atomic mass is 79.9. The average molecular weight is 354 g/mol. The number of amides is 1. The number of aromatic hydroxyl groups is 1. The van der Waals surface area contributed by atoms with Gasteiger partial charge in [-0.05, 0) is 52.3 Å². The number of hydrogen-bond donors (Lipinski definition) is 3. The minimum Gasteiger partial charge on any atom is -0.506 e. The number of anilines is 1. The number of nitrogens with one attached hydrogen (secondary N) is 1. The number of phenolic OH excluding ortho intramolecular Hbond substituents is 1. The highest BCUT2D eigenvalue weighted by molar-refractivity contribution is 9.10. The quantitative estimate of drug-likeness (QED) is 0.739. The Morgan fingerprint density at radius 2 is 1.76 bits per heavy atom. The summed E-state index contributed by atoms with van der Waals surface area (Å²) < 4.78 is 13.6. The average Bonchev–Trinajstić information content (AvgIpc) is 2.43. The molecule has 1 amide bonds. The van der Waals surface area contributed by atoms with Crippen LogP contribution in [0.3, 0.4) is 0 Å². The van der Waals surface area contributed by atoms with Crippen molar-refractivity contribution in [2.75, 3.05) is 5.32 Å². The van der Waals surface area contributed by atoms with Gasteiger partial charge in [-0.25, -0.2) is 9.18 Å². The smallest absolute Gasteiger partial charge is 0.335 e. The van der Waals surface area contributed by atoms with Crippen molar-refractivity contribution < 1.29 is 24.2 Å². The third-order valence-electron chi connectivity index (χ3n) is 2.67. The summed E-state index contributed by atoms with van der Waals surface area (Å²) >= 11 is 2.98. The molecule has 0 aromatic heterocycles. The molecule has 0 saturated carbocycles. The standard InChI is InChI=1S/C14H9BrFNO4/c15-9-3-1-7(5-10(9)16)13(19)17-11-4-2-8(14(20)21)6-12(11)18/h1-6,18H,(H,17,19)(H,20,21). The molecule has 0 atom stereocenters. The summed E-state index contributed by atoms with van der Waals surface area (Å²) in [7, 11) is 0. The Labute approximate surface area is 127 Å². The first-order chi connectivity index (χ1) is 9.88. The number of carbonyl (C=O) groups excluding carboxylic acids is 1. The van der Waals surface area contributed by atoms with Crippen LogP contribution in [0.1, 0.15) is 20.7 Å². The molecule has 2 aromatic rings. The monoisotopic (exact) mass is 353 g/mol.